The smallest absolute Gasteiger partial charge is 0.123 e. The summed E-state index contributed by atoms with van der Waals surface area (Å²) in [5, 5.41) is 3.29. The normalized spacial score (nSPS) is 14.6. The molecule has 3 nitrogen and oxygen atoms in total. The molecule has 18 heavy (non-hydrogen) atoms. The summed E-state index contributed by atoms with van der Waals surface area (Å²) in [6.45, 7) is 3.26. The summed E-state index contributed by atoms with van der Waals surface area (Å²) in [5.41, 5.74) is 1.27. The summed E-state index contributed by atoms with van der Waals surface area (Å²) in [6.07, 6.45) is 1.14. The van der Waals surface area contributed by atoms with Crippen LogP contribution in [0.1, 0.15) is 24.9 Å². The zero-order chi connectivity index (χ0) is 13.5. The molecule has 0 saturated carbocycles. The van der Waals surface area contributed by atoms with Crippen LogP contribution in [0.5, 0.6) is 5.75 Å². The highest BCUT2D eigenvalue weighted by atomic mass is 16.5. The molecule has 0 fully saturated rings. The summed E-state index contributed by atoms with van der Waals surface area (Å²) in [4.78, 5) is 2.28. The minimum Gasteiger partial charge on any atom is -0.496 e. The van der Waals surface area contributed by atoms with E-state index in [1.807, 2.05) is 19.2 Å². The number of nitrogens with one attached hydrogen (secondary N) is 1. The third-order valence-corrected chi connectivity index (χ3v) is 3.45. The van der Waals surface area contributed by atoms with Gasteiger partial charge in [-0.05, 0) is 39.7 Å². The topological polar surface area (TPSA) is 24.5 Å². The van der Waals surface area contributed by atoms with Crippen molar-refractivity contribution in [1.29, 1.82) is 0 Å². The van der Waals surface area contributed by atoms with Gasteiger partial charge in [0.2, 0.25) is 0 Å². The van der Waals surface area contributed by atoms with E-state index in [0.29, 0.717) is 12.0 Å². The molecule has 0 bridgehead atoms. The minimum absolute atomic E-state index is 0.374. The molecule has 1 aromatic rings. The van der Waals surface area contributed by atoms with Gasteiger partial charge in [0.25, 0.3) is 0 Å². The van der Waals surface area contributed by atoms with Crippen molar-refractivity contribution in [2.75, 3.05) is 34.8 Å². The SMILES string of the molecule is CCC(CNC)C(c1ccccc1OC)N(C)C. The van der Waals surface area contributed by atoms with Crippen LogP contribution in [-0.4, -0.2) is 39.7 Å². The van der Waals surface area contributed by atoms with E-state index >= 15 is 0 Å². The summed E-state index contributed by atoms with van der Waals surface area (Å²) >= 11 is 0. The highest BCUT2D eigenvalue weighted by Gasteiger charge is 2.25. The van der Waals surface area contributed by atoms with Gasteiger partial charge in [0, 0.05) is 11.6 Å². The fourth-order valence-corrected chi connectivity index (χ4v) is 2.61. The number of rotatable bonds is 7. The van der Waals surface area contributed by atoms with Crippen molar-refractivity contribution in [2.24, 2.45) is 5.92 Å². The lowest BCUT2D eigenvalue weighted by atomic mass is 9.89. The first kappa shape index (κ1) is 15.0. The second kappa shape index (κ2) is 7.39. The molecule has 0 heterocycles. The molecule has 0 aliphatic carbocycles. The maximum Gasteiger partial charge on any atom is 0.123 e. The number of benzene rings is 1. The van der Waals surface area contributed by atoms with Gasteiger partial charge in [0.1, 0.15) is 5.75 Å². The van der Waals surface area contributed by atoms with Crippen molar-refractivity contribution in [3.8, 4) is 5.75 Å². The standard InChI is InChI=1S/C15H26N2O/c1-6-12(11-16-2)15(17(3)4)13-9-7-8-10-14(13)18-5/h7-10,12,15-16H,6,11H2,1-5H3. The summed E-state index contributed by atoms with van der Waals surface area (Å²) < 4.78 is 5.50. The van der Waals surface area contributed by atoms with Gasteiger partial charge in [-0.15, -0.1) is 0 Å². The maximum atomic E-state index is 5.50. The molecule has 2 atom stereocenters. The second-order valence-electron chi connectivity index (χ2n) is 4.88. The Morgan fingerprint density at radius 1 is 1.28 bits per heavy atom. The molecule has 3 heteroatoms. The predicted molar refractivity (Wildman–Crippen MR) is 77.1 cm³/mol. The van der Waals surface area contributed by atoms with Crippen LogP contribution in [0.15, 0.2) is 24.3 Å². The minimum atomic E-state index is 0.374. The molecule has 0 spiro atoms. The fourth-order valence-electron chi connectivity index (χ4n) is 2.61. The highest BCUT2D eigenvalue weighted by molar-refractivity contribution is 5.36. The molecule has 0 saturated heterocycles. The van der Waals surface area contributed by atoms with E-state index in [1.165, 1.54) is 5.56 Å². The van der Waals surface area contributed by atoms with E-state index in [0.717, 1.165) is 18.7 Å². The molecule has 1 aromatic carbocycles. The fraction of sp³-hybridized carbons (Fsp3) is 0.600. The second-order valence-corrected chi connectivity index (χ2v) is 4.88. The Balaban J connectivity index is 3.10. The van der Waals surface area contributed by atoms with Gasteiger partial charge in [-0.2, -0.15) is 0 Å². The van der Waals surface area contributed by atoms with Gasteiger partial charge < -0.3 is 15.0 Å². The van der Waals surface area contributed by atoms with E-state index in [-0.39, 0.29) is 0 Å². The van der Waals surface area contributed by atoms with Crippen molar-refractivity contribution in [1.82, 2.24) is 10.2 Å². The largest absolute Gasteiger partial charge is 0.496 e. The molecule has 1 rings (SSSR count). The maximum absolute atomic E-state index is 5.50. The van der Waals surface area contributed by atoms with Crippen LogP contribution in [-0.2, 0) is 0 Å². The molecule has 102 valence electrons. The molecular formula is C15H26N2O. The van der Waals surface area contributed by atoms with Crippen LogP contribution in [0.4, 0.5) is 0 Å². The first-order valence-corrected chi connectivity index (χ1v) is 6.59. The zero-order valence-electron chi connectivity index (χ0n) is 12.2. The van der Waals surface area contributed by atoms with Crippen LogP contribution in [0.2, 0.25) is 0 Å². The molecule has 0 amide bonds. The van der Waals surface area contributed by atoms with Gasteiger partial charge in [-0.3, -0.25) is 0 Å². The molecule has 0 radical (unpaired) electrons. The zero-order valence-corrected chi connectivity index (χ0v) is 12.2. The van der Waals surface area contributed by atoms with Crippen LogP contribution < -0.4 is 10.1 Å². The van der Waals surface area contributed by atoms with E-state index in [2.05, 4.69) is 43.4 Å². The average molecular weight is 250 g/mol. The van der Waals surface area contributed by atoms with Gasteiger partial charge in [0.15, 0.2) is 0 Å². The highest BCUT2D eigenvalue weighted by Crippen LogP contribution is 2.34. The number of nitrogens with zero attached hydrogens (tertiary/aromatic N) is 1. The Bertz CT molecular complexity index is 352. The van der Waals surface area contributed by atoms with Gasteiger partial charge in [-0.25, -0.2) is 0 Å². The summed E-state index contributed by atoms with van der Waals surface area (Å²) in [5.74, 6) is 1.55. The van der Waals surface area contributed by atoms with Crippen LogP contribution in [0.25, 0.3) is 0 Å². The lowest BCUT2D eigenvalue weighted by Gasteiger charge is -2.33. The number of hydrogen-bond donors (Lipinski definition) is 1. The third-order valence-electron chi connectivity index (χ3n) is 3.45. The Kier molecular flexibility index (Phi) is 6.16. The molecule has 1 N–H and O–H groups in total. The molecule has 2 unspecified atom stereocenters. The van der Waals surface area contributed by atoms with Gasteiger partial charge in [0.05, 0.1) is 7.11 Å². The Morgan fingerprint density at radius 2 is 1.94 bits per heavy atom. The Morgan fingerprint density at radius 3 is 2.44 bits per heavy atom. The monoisotopic (exact) mass is 250 g/mol. The van der Waals surface area contributed by atoms with E-state index in [1.54, 1.807) is 7.11 Å². The van der Waals surface area contributed by atoms with Gasteiger partial charge in [-0.1, -0.05) is 31.5 Å². The average Bonchev–Trinajstić information content (AvgIpc) is 2.38. The van der Waals surface area contributed by atoms with Crippen molar-refractivity contribution < 1.29 is 4.74 Å². The molecule has 0 aliphatic heterocycles. The Labute approximate surface area is 111 Å². The first-order valence-electron chi connectivity index (χ1n) is 6.59. The van der Waals surface area contributed by atoms with Crippen LogP contribution in [0, 0.1) is 5.92 Å². The summed E-state index contributed by atoms with van der Waals surface area (Å²) in [6, 6.07) is 8.69. The quantitative estimate of drug-likeness (QED) is 0.805. The number of para-hydroxylation sites is 1. The van der Waals surface area contributed by atoms with Crippen molar-refractivity contribution in [3.05, 3.63) is 29.8 Å². The van der Waals surface area contributed by atoms with Crippen LogP contribution >= 0.6 is 0 Å². The molecule has 0 aliphatic rings. The number of methoxy groups -OCH3 is 1. The Hall–Kier alpha value is -1.06. The van der Waals surface area contributed by atoms with Crippen molar-refractivity contribution in [2.45, 2.75) is 19.4 Å². The molecular weight excluding hydrogens is 224 g/mol. The van der Waals surface area contributed by atoms with E-state index in [4.69, 9.17) is 4.74 Å². The predicted octanol–water partition coefficient (Wildman–Crippen LogP) is 2.54. The van der Waals surface area contributed by atoms with E-state index < -0.39 is 0 Å². The molecule has 0 aromatic heterocycles. The van der Waals surface area contributed by atoms with Crippen molar-refractivity contribution in [3.63, 3.8) is 0 Å². The number of hydrogen-bond acceptors (Lipinski definition) is 3. The van der Waals surface area contributed by atoms with Gasteiger partial charge >= 0.3 is 0 Å². The van der Waals surface area contributed by atoms with E-state index in [9.17, 15) is 0 Å². The lowest BCUT2D eigenvalue weighted by Crippen LogP contribution is -2.33. The lowest BCUT2D eigenvalue weighted by molar-refractivity contribution is 0.199. The summed E-state index contributed by atoms with van der Waals surface area (Å²) in [7, 11) is 8.02. The van der Waals surface area contributed by atoms with Crippen molar-refractivity contribution >= 4 is 0 Å². The van der Waals surface area contributed by atoms with Crippen LogP contribution in [0.3, 0.4) is 0 Å². The number of ether oxygens (including phenoxy) is 1. The third kappa shape index (κ3) is 3.47. The first-order chi connectivity index (χ1) is 8.65.